The van der Waals surface area contributed by atoms with Crippen molar-refractivity contribution in [2.45, 2.75) is 6.43 Å². The predicted molar refractivity (Wildman–Crippen MR) is 43.5 cm³/mol. The largest absolute Gasteiger partial charge is 0.398 e. The van der Waals surface area contributed by atoms with Crippen molar-refractivity contribution in [3.05, 3.63) is 28.2 Å². The molecule has 0 bridgehead atoms. The molecule has 0 aliphatic carbocycles. The minimum Gasteiger partial charge on any atom is -0.398 e. The molecule has 0 aromatic heterocycles. The van der Waals surface area contributed by atoms with Crippen LogP contribution in [0.1, 0.15) is 12.0 Å². The molecule has 60 valence electrons. The van der Waals surface area contributed by atoms with Gasteiger partial charge in [-0.05, 0) is 28.1 Å². The molecule has 0 fully saturated rings. The number of nitrogens with two attached hydrogens (primary N) is 1. The van der Waals surface area contributed by atoms with Crippen LogP contribution in [0.2, 0.25) is 0 Å². The highest BCUT2D eigenvalue weighted by molar-refractivity contribution is 9.10. The lowest BCUT2D eigenvalue weighted by Gasteiger charge is -2.01. The fraction of sp³-hybridized carbons (Fsp3) is 0.143. The van der Waals surface area contributed by atoms with Gasteiger partial charge in [0.1, 0.15) is 0 Å². The van der Waals surface area contributed by atoms with Crippen LogP contribution >= 0.6 is 15.9 Å². The van der Waals surface area contributed by atoms with Crippen LogP contribution in [0, 0.1) is 0 Å². The Morgan fingerprint density at radius 1 is 1.36 bits per heavy atom. The Labute approximate surface area is 71.3 Å². The van der Waals surface area contributed by atoms with Gasteiger partial charge in [0.05, 0.1) is 0 Å². The zero-order chi connectivity index (χ0) is 8.43. The van der Waals surface area contributed by atoms with E-state index < -0.39 is 6.43 Å². The van der Waals surface area contributed by atoms with Gasteiger partial charge in [-0.25, -0.2) is 8.78 Å². The van der Waals surface area contributed by atoms with Crippen molar-refractivity contribution in [1.29, 1.82) is 0 Å². The van der Waals surface area contributed by atoms with Crippen molar-refractivity contribution in [1.82, 2.24) is 0 Å². The van der Waals surface area contributed by atoms with Crippen molar-refractivity contribution in [2.24, 2.45) is 0 Å². The van der Waals surface area contributed by atoms with E-state index >= 15 is 0 Å². The van der Waals surface area contributed by atoms with E-state index in [0.29, 0.717) is 10.2 Å². The normalized spacial score (nSPS) is 10.5. The maximum absolute atomic E-state index is 12.0. The Balaban J connectivity index is 3.05. The molecule has 0 heterocycles. The first-order chi connectivity index (χ1) is 5.11. The summed E-state index contributed by atoms with van der Waals surface area (Å²) in [4.78, 5) is 0. The van der Waals surface area contributed by atoms with E-state index in [1.165, 1.54) is 18.2 Å². The second-order valence-electron chi connectivity index (χ2n) is 2.08. The van der Waals surface area contributed by atoms with Crippen LogP contribution in [0.15, 0.2) is 22.7 Å². The maximum Gasteiger partial charge on any atom is 0.263 e. The van der Waals surface area contributed by atoms with Gasteiger partial charge in [0.15, 0.2) is 0 Å². The van der Waals surface area contributed by atoms with Crippen molar-refractivity contribution >= 4 is 21.6 Å². The topological polar surface area (TPSA) is 26.0 Å². The molecule has 0 radical (unpaired) electrons. The molecule has 0 saturated carbocycles. The van der Waals surface area contributed by atoms with E-state index in [1.54, 1.807) is 0 Å². The summed E-state index contributed by atoms with van der Waals surface area (Å²) in [6.45, 7) is 0. The summed E-state index contributed by atoms with van der Waals surface area (Å²) < 4.78 is 24.7. The Bertz CT molecular complexity index is 263. The van der Waals surface area contributed by atoms with Crippen LogP contribution in [0.4, 0.5) is 14.5 Å². The SMILES string of the molecule is Nc1cc(C(F)F)ccc1Br. The summed E-state index contributed by atoms with van der Waals surface area (Å²) in [6, 6.07) is 4.11. The minimum absolute atomic E-state index is 0.0503. The van der Waals surface area contributed by atoms with Crippen LogP contribution in [-0.4, -0.2) is 0 Å². The number of hydrogen-bond donors (Lipinski definition) is 1. The molecule has 0 saturated heterocycles. The molecular formula is C7H6BrF2N. The smallest absolute Gasteiger partial charge is 0.263 e. The van der Waals surface area contributed by atoms with Gasteiger partial charge in [-0.15, -0.1) is 0 Å². The number of halogens is 3. The van der Waals surface area contributed by atoms with Crippen molar-refractivity contribution in [2.75, 3.05) is 5.73 Å². The second kappa shape index (κ2) is 3.17. The summed E-state index contributed by atoms with van der Waals surface area (Å²) in [6.07, 6.45) is -2.45. The van der Waals surface area contributed by atoms with Gasteiger partial charge in [0.2, 0.25) is 0 Å². The lowest BCUT2D eigenvalue weighted by Crippen LogP contribution is -1.90. The Hall–Kier alpha value is -0.640. The van der Waals surface area contributed by atoms with Crippen LogP contribution in [0.5, 0.6) is 0 Å². The highest BCUT2D eigenvalue weighted by Gasteiger charge is 2.07. The monoisotopic (exact) mass is 221 g/mol. The fourth-order valence-electron chi connectivity index (χ4n) is 0.698. The van der Waals surface area contributed by atoms with Gasteiger partial charge in [0, 0.05) is 15.7 Å². The van der Waals surface area contributed by atoms with Crippen molar-refractivity contribution in [3.63, 3.8) is 0 Å². The van der Waals surface area contributed by atoms with Crippen LogP contribution < -0.4 is 5.73 Å². The lowest BCUT2D eigenvalue weighted by atomic mass is 10.2. The third-order valence-corrected chi connectivity index (χ3v) is 1.99. The average Bonchev–Trinajstić information content (AvgIpc) is 1.94. The second-order valence-corrected chi connectivity index (χ2v) is 2.94. The molecule has 1 nitrogen and oxygen atoms in total. The Kier molecular flexibility index (Phi) is 2.44. The molecule has 0 unspecified atom stereocenters. The first-order valence-electron chi connectivity index (χ1n) is 2.94. The zero-order valence-corrected chi connectivity index (χ0v) is 7.11. The first kappa shape index (κ1) is 8.46. The number of alkyl halides is 2. The molecule has 0 aliphatic heterocycles. The Morgan fingerprint density at radius 3 is 2.45 bits per heavy atom. The minimum atomic E-state index is -2.45. The summed E-state index contributed by atoms with van der Waals surface area (Å²) in [5.41, 5.74) is 5.66. The fourth-order valence-corrected chi connectivity index (χ4v) is 0.945. The highest BCUT2D eigenvalue weighted by atomic mass is 79.9. The number of anilines is 1. The van der Waals surface area contributed by atoms with E-state index in [-0.39, 0.29) is 5.56 Å². The zero-order valence-electron chi connectivity index (χ0n) is 5.52. The molecule has 4 heteroatoms. The highest BCUT2D eigenvalue weighted by Crippen LogP contribution is 2.25. The molecule has 0 spiro atoms. The van der Waals surface area contributed by atoms with Crippen molar-refractivity contribution in [3.8, 4) is 0 Å². The van der Waals surface area contributed by atoms with Crippen LogP contribution in [0.3, 0.4) is 0 Å². The van der Waals surface area contributed by atoms with Crippen LogP contribution in [-0.2, 0) is 0 Å². The van der Waals surface area contributed by atoms with Gasteiger partial charge in [0.25, 0.3) is 6.43 Å². The first-order valence-corrected chi connectivity index (χ1v) is 3.73. The molecule has 1 aromatic rings. The van der Waals surface area contributed by atoms with Gasteiger partial charge in [-0.3, -0.25) is 0 Å². The summed E-state index contributed by atoms with van der Waals surface area (Å²) in [5.74, 6) is 0. The lowest BCUT2D eigenvalue weighted by molar-refractivity contribution is 0.151. The maximum atomic E-state index is 12.0. The number of nitrogen functional groups attached to an aromatic ring is 1. The van der Waals surface area contributed by atoms with E-state index in [2.05, 4.69) is 15.9 Å². The van der Waals surface area contributed by atoms with E-state index in [9.17, 15) is 8.78 Å². The molecule has 0 amide bonds. The van der Waals surface area contributed by atoms with Gasteiger partial charge in [-0.1, -0.05) is 6.07 Å². The number of benzene rings is 1. The molecule has 2 N–H and O–H groups in total. The molecule has 1 aromatic carbocycles. The van der Waals surface area contributed by atoms with E-state index in [4.69, 9.17) is 5.73 Å². The molecular weight excluding hydrogens is 216 g/mol. The summed E-state index contributed by atoms with van der Waals surface area (Å²) >= 11 is 3.11. The average molecular weight is 222 g/mol. The standard InChI is InChI=1S/C7H6BrF2N/c8-5-2-1-4(7(9)10)3-6(5)11/h1-3,7H,11H2. The number of rotatable bonds is 1. The van der Waals surface area contributed by atoms with Gasteiger partial charge < -0.3 is 5.73 Å². The summed E-state index contributed by atoms with van der Waals surface area (Å²) in [5, 5.41) is 0. The van der Waals surface area contributed by atoms with Gasteiger partial charge in [-0.2, -0.15) is 0 Å². The van der Waals surface area contributed by atoms with Crippen molar-refractivity contribution < 1.29 is 8.78 Å². The Morgan fingerprint density at radius 2 is 2.00 bits per heavy atom. The number of hydrogen-bond acceptors (Lipinski definition) is 1. The molecule has 0 aliphatic rings. The molecule has 0 atom stereocenters. The predicted octanol–water partition coefficient (Wildman–Crippen LogP) is 2.97. The van der Waals surface area contributed by atoms with Crippen LogP contribution in [0.25, 0.3) is 0 Å². The summed E-state index contributed by atoms with van der Waals surface area (Å²) in [7, 11) is 0. The third-order valence-electron chi connectivity index (χ3n) is 1.27. The molecule has 1 rings (SSSR count). The van der Waals surface area contributed by atoms with E-state index in [0.717, 1.165) is 0 Å². The van der Waals surface area contributed by atoms with Gasteiger partial charge >= 0.3 is 0 Å². The third kappa shape index (κ3) is 1.89. The van der Waals surface area contributed by atoms with E-state index in [1.807, 2.05) is 0 Å². The quantitative estimate of drug-likeness (QED) is 0.726. The molecule has 11 heavy (non-hydrogen) atoms.